The topological polar surface area (TPSA) is 147 Å². The molecule has 1 aromatic carbocycles. The molecule has 13 nitrogen and oxygen atoms in total. The van der Waals surface area contributed by atoms with Crippen LogP contribution in [0.4, 0.5) is 27.9 Å². The third-order valence-corrected chi connectivity index (χ3v) is 11.5. The Morgan fingerprint density at radius 3 is 2.35 bits per heavy atom. The second-order valence-corrected chi connectivity index (χ2v) is 15.2. The zero-order chi connectivity index (χ0) is 34.7. The van der Waals surface area contributed by atoms with Crippen LogP contribution in [0.15, 0.2) is 59.5 Å². The van der Waals surface area contributed by atoms with E-state index in [1.807, 2.05) is 29.2 Å². The van der Waals surface area contributed by atoms with Crippen LogP contribution in [0.3, 0.4) is 0 Å². The van der Waals surface area contributed by atoms with Crippen molar-refractivity contribution in [1.29, 1.82) is 0 Å². The maximum atomic E-state index is 13.4. The zero-order valence-electron chi connectivity index (χ0n) is 28.8. The van der Waals surface area contributed by atoms with E-state index in [0.29, 0.717) is 60.2 Å². The van der Waals surface area contributed by atoms with E-state index in [4.69, 9.17) is 14.7 Å². The van der Waals surface area contributed by atoms with Gasteiger partial charge in [-0.25, -0.2) is 9.78 Å². The van der Waals surface area contributed by atoms with E-state index < -0.39 is 0 Å². The molecule has 6 fully saturated rings. The summed E-state index contributed by atoms with van der Waals surface area (Å²) in [5.41, 5.74) is 1.94. The first-order valence-corrected chi connectivity index (χ1v) is 18.3. The van der Waals surface area contributed by atoms with E-state index in [1.54, 1.807) is 31.5 Å². The quantitative estimate of drug-likeness (QED) is 0.231. The summed E-state index contributed by atoms with van der Waals surface area (Å²) in [6.07, 6.45) is 11.0. The highest BCUT2D eigenvalue weighted by Gasteiger charge is 2.52. The molecule has 3 aromatic heterocycles. The van der Waals surface area contributed by atoms with Gasteiger partial charge in [-0.1, -0.05) is 6.07 Å². The molecular weight excluding hydrogens is 646 g/mol. The van der Waals surface area contributed by atoms with Crippen molar-refractivity contribution in [3.8, 4) is 11.6 Å². The number of urea groups is 1. The fourth-order valence-corrected chi connectivity index (χ4v) is 9.33. The number of nitrogens with zero attached hydrogens (tertiary/aromatic N) is 6. The van der Waals surface area contributed by atoms with E-state index in [0.717, 1.165) is 55.7 Å². The minimum Gasteiger partial charge on any atom is -0.479 e. The Morgan fingerprint density at radius 2 is 1.65 bits per heavy atom. The van der Waals surface area contributed by atoms with E-state index in [9.17, 15) is 14.4 Å². The SMILES string of the molecule is COc1nc(N2CCN(C(=O)NC34CC5CC(CC(C5)C3)C4)CC2)ccc1Nc1ncc2ccc(=O)n(-c3cccc(NC(=O)C4CC4)c3)c2n1. The number of carbonyl (C=O) groups is 2. The van der Waals surface area contributed by atoms with Gasteiger partial charge in [-0.05, 0) is 106 Å². The Kier molecular flexibility index (Phi) is 7.81. The molecule has 10 rings (SSSR count). The number of nitrogens with one attached hydrogen (secondary N) is 3. The van der Waals surface area contributed by atoms with Gasteiger partial charge in [-0.3, -0.25) is 14.2 Å². The number of benzene rings is 1. The molecule has 5 aliphatic carbocycles. The van der Waals surface area contributed by atoms with Gasteiger partial charge in [0.05, 0.1) is 12.8 Å². The van der Waals surface area contributed by atoms with Crippen LogP contribution < -0.4 is 31.1 Å². The molecule has 264 valence electrons. The summed E-state index contributed by atoms with van der Waals surface area (Å²) < 4.78 is 7.20. The molecule has 0 radical (unpaired) electrons. The first-order valence-electron chi connectivity index (χ1n) is 18.3. The standard InChI is InChI=1S/C38H43N9O4/c1-51-35-30(8-9-31(42-35)45-11-13-46(14-12-45)37(50)44-38-19-23-15-24(20-38)17-25(16-23)21-38)41-36-39-22-27-7-10-32(48)47(33(27)43-36)29-4-2-3-28(18-29)40-34(49)26-5-6-26/h2-4,7-10,18,22-26H,5-6,11-17,19-21H2,1H3,(H,40,49)(H,44,50)(H,39,41,43). The number of hydrogen-bond donors (Lipinski definition) is 3. The predicted molar refractivity (Wildman–Crippen MR) is 194 cm³/mol. The number of piperazine rings is 1. The Hall–Kier alpha value is -5.20. The van der Waals surface area contributed by atoms with Crippen molar-refractivity contribution < 1.29 is 14.3 Å². The molecule has 3 N–H and O–H groups in total. The molecule has 1 aliphatic heterocycles. The summed E-state index contributed by atoms with van der Waals surface area (Å²) in [6.45, 7) is 2.61. The summed E-state index contributed by atoms with van der Waals surface area (Å²) in [5, 5.41) is 10.4. The van der Waals surface area contributed by atoms with Gasteiger partial charge >= 0.3 is 6.03 Å². The van der Waals surface area contributed by atoms with Crippen LogP contribution in [-0.4, -0.2) is 75.2 Å². The minimum atomic E-state index is -0.258. The molecule has 13 heteroatoms. The molecule has 0 unspecified atom stereocenters. The highest BCUT2D eigenvalue weighted by atomic mass is 16.5. The lowest BCUT2D eigenvalue weighted by atomic mass is 9.53. The lowest BCUT2D eigenvalue weighted by molar-refractivity contribution is -0.117. The normalized spacial score (nSPS) is 25.2. The summed E-state index contributed by atoms with van der Waals surface area (Å²) in [5.74, 6) is 3.84. The van der Waals surface area contributed by atoms with Crippen LogP contribution in [0.5, 0.6) is 5.88 Å². The molecule has 5 saturated carbocycles. The lowest BCUT2D eigenvalue weighted by Crippen LogP contribution is -2.63. The monoisotopic (exact) mass is 689 g/mol. The molecule has 3 amide bonds. The van der Waals surface area contributed by atoms with Crippen LogP contribution in [0.25, 0.3) is 16.7 Å². The van der Waals surface area contributed by atoms with Crippen LogP contribution in [0, 0.1) is 23.7 Å². The average molecular weight is 690 g/mol. The average Bonchev–Trinajstić information content (AvgIpc) is 3.97. The lowest BCUT2D eigenvalue weighted by Gasteiger charge is -2.57. The summed E-state index contributed by atoms with van der Waals surface area (Å²) in [6, 6.07) is 14.3. The molecule has 4 aromatic rings. The van der Waals surface area contributed by atoms with Gasteiger partial charge in [0.2, 0.25) is 17.7 Å². The minimum absolute atomic E-state index is 0.00288. The second kappa shape index (κ2) is 12.5. The number of hydrogen-bond acceptors (Lipinski definition) is 9. The van der Waals surface area contributed by atoms with Crippen LogP contribution in [0.1, 0.15) is 51.4 Å². The number of anilines is 4. The largest absolute Gasteiger partial charge is 0.479 e. The van der Waals surface area contributed by atoms with E-state index in [-0.39, 0.29) is 34.9 Å². The van der Waals surface area contributed by atoms with Gasteiger partial charge in [0.25, 0.3) is 5.56 Å². The van der Waals surface area contributed by atoms with E-state index in [1.165, 1.54) is 29.9 Å². The van der Waals surface area contributed by atoms with Gasteiger partial charge < -0.3 is 30.5 Å². The number of amides is 3. The number of ether oxygens (including phenoxy) is 1. The number of carbonyl (C=O) groups excluding carboxylic acids is 2. The molecule has 0 spiro atoms. The van der Waals surface area contributed by atoms with Gasteiger partial charge in [0.15, 0.2) is 5.65 Å². The van der Waals surface area contributed by atoms with E-state index >= 15 is 0 Å². The van der Waals surface area contributed by atoms with Crippen LogP contribution >= 0.6 is 0 Å². The molecule has 1 saturated heterocycles. The highest BCUT2D eigenvalue weighted by Crippen LogP contribution is 2.55. The number of aromatic nitrogens is 4. The number of rotatable bonds is 8. The van der Waals surface area contributed by atoms with E-state index in [2.05, 4.69) is 25.8 Å². The Morgan fingerprint density at radius 1 is 0.902 bits per heavy atom. The number of fused-ring (bicyclic) bond motifs is 1. The fraction of sp³-hybridized carbons (Fsp3) is 0.474. The van der Waals surface area contributed by atoms with Gasteiger partial charge in [0, 0.05) is 61.0 Å². The third-order valence-electron chi connectivity index (χ3n) is 11.5. The van der Waals surface area contributed by atoms with Crippen molar-refractivity contribution in [1.82, 2.24) is 29.7 Å². The van der Waals surface area contributed by atoms with Crippen LogP contribution in [-0.2, 0) is 4.79 Å². The Bertz CT molecular complexity index is 2030. The van der Waals surface area contributed by atoms with Crippen molar-refractivity contribution >= 4 is 46.1 Å². The first-order chi connectivity index (χ1) is 24.8. The molecule has 4 bridgehead atoms. The van der Waals surface area contributed by atoms with Crippen molar-refractivity contribution in [3.63, 3.8) is 0 Å². The molecule has 4 heterocycles. The predicted octanol–water partition coefficient (Wildman–Crippen LogP) is 5.08. The molecular formula is C38H43N9O4. The summed E-state index contributed by atoms with van der Waals surface area (Å²) in [4.78, 5) is 57.1. The fourth-order valence-electron chi connectivity index (χ4n) is 9.33. The Balaban J connectivity index is 0.886. The van der Waals surface area contributed by atoms with Gasteiger partial charge in [-0.15, -0.1) is 0 Å². The maximum absolute atomic E-state index is 13.4. The van der Waals surface area contributed by atoms with Gasteiger partial charge in [-0.2, -0.15) is 9.97 Å². The maximum Gasteiger partial charge on any atom is 0.317 e. The van der Waals surface area contributed by atoms with Crippen molar-refractivity contribution in [2.75, 3.05) is 48.8 Å². The Labute approximate surface area is 295 Å². The third kappa shape index (κ3) is 6.23. The highest BCUT2D eigenvalue weighted by molar-refractivity contribution is 5.94. The second-order valence-electron chi connectivity index (χ2n) is 15.2. The zero-order valence-corrected chi connectivity index (χ0v) is 28.8. The van der Waals surface area contributed by atoms with Gasteiger partial charge in [0.1, 0.15) is 11.5 Å². The molecule has 0 atom stereocenters. The van der Waals surface area contributed by atoms with Crippen molar-refractivity contribution in [2.24, 2.45) is 23.7 Å². The molecule has 51 heavy (non-hydrogen) atoms. The molecule has 6 aliphatic rings. The van der Waals surface area contributed by atoms with Crippen molar-refractivity contribution in [3.05, 3.63) is 65.1 Å². The first kappa shape index (κ1) is 31.8. The smallest absolute Gasteiger partial charge is 0.317 e. The number of methoxy groups -OCH3 is 1. The summed E-state index contributed by atoms with van der Waals surface area (Å²) >= 11 is 0. The summed E-state index contributed by atoms with van der Waals surface area (Å²) in [7, 11) is 1.57. The number of pyridine rings is 2. The van der Waals surface area contributed by atoms with Crippen LogP contribution in [0.2, 0.25) is 0 Å². The van der Waals surface area contributed by atoms with Crippen molar-refractivity contribution in [2.45, 2.75) is 56.9 Å².